The monoisotopic (exact) mass is 449 g/mol. The van der Waals surface area contributed by atoms with Gasteiger partial charge in [0.15, 0.2) is 0 Å². The number of rotatable bonds is 5. The molecule has 3 N–H and O–H groups in total. The van der Waals surface area contributed by atoms with E-state index in [-0.39, 0.29) is 36.5 Å². The molecule has 7 heteroatoms. The number of benzene rings is 2. The van der Waals surface area contributed by atoms with Crippen molar-refractivity contribution < 1.29 is 19.4 Å². The van der Waals surface area contributed by atoms with E-state index in [1.54, 1.807) is 24.3 Å². The van der Waals surface area contributed by atoms with Crippen molar-refractivity contribution in [2.24, 2.45) is 0 Å². The lowest BCUT2D eigenvalue weighted by atomic mass is 9.93. The molecule has 3 aliphatic heterocycles. The maximum atomic E-state index is 13.1. The maximum absolute atomic E-state index is 13.1. The fourth-order valence-electron chi connectivity index (χ4n) is 5.27. The van der Waals surface area contributed by atoms with Gasteiger partial charge < -0.3 is 25.4 Å². The summed E-state index contributed by atoms with van der Waals surface area (Å²) in [6, 6.07) is 15.2. The Labute approximate surface area is 194 Å². The zero-order valence-electron chi connectivity index (χ0n) is 18.7. The van der Waals surface area contributed by atoms with Gasteiger partial charge in [-0.15, -0.1) is 0 Å². The summed E-state index contributed by atoms with van der Waals surface area (Å²) in [4.78, 5) is 27.7. The summed E-state index contributed by atoms with van der Waals surface area (Å²) < 4.78 is 5.64. The van der Waals surface area contributed by atoms with E-state index >= 15 is 0 Å². The molecule has 2 fully saturated rings. The molecule has 2 saturated heterocycles. The Morgan fingerprint density at radius 1 is 1.03 bits per heavy atom. The number of nitrogens with one attached hydrogen (secondary N) is 2. The molecule has 2 aromatic rings. The summed E-state index contributed by atoms with van der Waals surface area (Å²) in [5.41, 5.74) is 3.55. The van der Waals surface area contributed by atoms with Gasteiger partial charge >= 0.3 is 0 Å². The Balaban J connectivity index is 1.16. The smallest absolute Gasteiger partial charge is 0.254 e. The van der Waals surface area contributed by atoms with Gasteiger partial charge in [-0.05, 0) is 61.1 Å². The first-order chi connectivity index (χ1) is 16.1. The van der Waals surface area contributed by atoms with Gasteiger partial charge in [0.2, 0.25) is 0 Å². The Morgan fingerprint density at radius 2 is 1.70 bits per heavy atom. The highest BCUT2D eigenvalue weighted by Gasteiger charge is 2.38. The third-order valence-electron chi connectivity index (χ3n) is 7.16. The molecule has 7 nitrogen and oxygen atoms in total. The lowest BCUT2D eigenvalue weighted by Crippen LogP contribution is -2.57. The van der Waals surface area contributed by atoms with Crippen molar-refractivity contribution in [3.8, 4) is 0 Å². The van der Waals surface area contributed by atoms with Crippen LogP contribution >= 0.6 is 0 Å². The van der Waals surface area contributed by atoms with Gasteiger partial charge in [0, 0.05) is 30.3 Å². The minimum Gasteiger partial charge on any atom is -0.390 e. The van der Waals surface area contributed by atoms with E-state index in [1.165, 1.54) is 11.1 Å². The van der Waals surface area contributed by atoms with Crippen molar-refractivity contribution in [3.63, 3.8) is 0 Å². The topological polar surface area (TPSA) is 90.9 Å². The highest BCUT2D eigenvalue weighted by atomic mass is 16.5. The van der Waals surface area contributed by atoms with Gasteiger partial charge in [0.05, 0.1) is 31.4 Å². The highest BCUT2D eigenvalue weighted by molar-refractivity contribution is 5.98. The molecule has 33 heavy (non-hydrogen) atoms. The first-order valence-electron chi connectivity index (χ1n) is 11.9. The lowest BCUT2D eigenvalue weighted by Gasteiger charge is -2.45. The van der Waals surface area contributed by atoms with Crippen LogP contribution in [0.15, 0.2) is 48.5 Å². The van der Waals surface area contributed by atoms with E-state index in [2.05, 4.69) is 22.8 Å². The molecule has 0 aliphatic carbocycles. The molecule has 3 aliphatic rings. The van der Waals surface area contributed by atoms with Crippen molar-refractivity contribution in [2.75, 3.05) is 19.8 Å². The molecule has 0 spiro atoms. The van der Waals surface area contributed by atoms with Crippen LogP contribution in [0.1, 0.15) is 51.1 Å². The van der Waals surface area contributed by atoms with Crippen molar-refractivity contribution >= 4 is 11.8 Å². The third-order valence-corrected chi connectivity index (χ3v) is 7.16. The normalized spacial score (nSPS) is 25.1. The molecular weight excluding hydrogens is 418 g/mol. The number of aliphatic hydroxyl groups is 1. The number of carbonyl (C=O) groups is 2. The molecule has 0 radical (unpaired) electrons. The quantitative estimate of drug-likeness (QED) is 0.649. The summed E-state index contributed by atoms with van der Waals surface area (Å²) in [6.07, 6.45) is 3.13. The molecule has 174 valence electrons. The molecule has 3 heterocycles. The van der Waals surface area contributed by atoms with Crippen LogP contribution in [0.25, 0.3) is 0 Å². The van der Waals surface area contributed by atoms with E-state index in [0.717, 1.165) is 25.7 Å². The Bertz CT molecular complexity index is 987. The van der Waals surface area contributed by atoms with Gasteiger partial charge in [0.1, 0.15) is 0 Å². The number of hydrogen-bond acceptors (Lipinski definition) is 5. The van der Waals surface area contributed by atoms with Gasteiger partial charge in [-0.2, -0.15) is 0 Å². The van der Waals surface area contributed by atoms with Crippen LogP contribution < -0.4 is 10.6 Å². The average molecular weight is 450 g/mol. The van der Waals surface area contributed by atoms with Crippen molar-refractivity contribution in [1.29, 1.82) is 0 Å². The second-order valence-electron chi connectivity index (χ2n) is 9.30. The number of carbonyl (C=O) groups excluding carboxylic acids is 2. The fraction of sp³-hybridized carbons (Fsp3) is 0.462. The van der Waals surface area contributed by atoms with Crippen molar-refractivity contribution in [2.45, 2.75) is 56.5 Å². The van der Waals surface area contributed by atoms with E-state index in [1.807, 2.05) is 17.0 Å². The van der Waals surface area contributed by atoms with Gasteiger partial charge in [-0.25, -0.2) is 0 Å². The molecule has 2 unspecified atom stereocenters. The van der Waals surface area contributed by atoms with Crippen LogP contribution in [0.5, 0.6) is 0 Å². The summed E-state index contributed by atoms with van der Waals surface area (Å²) >= 11 is 0. The standard InChI is InChI=1S/C26H31N3O4/c30-24(23-12-19-4-1-2-5-20(19)13-27-23)14-28-25(31)17-8-10-18(11-9-17)26(32)29-21-6-3-7-22(29)16-33-15-21/h1-2,4-5,8-11,21-24,27,30H,3,6-7,12-16H2,(H,28,31)/t21?,22?,23-,24+/m0/s1. The number of ether oxygens (including phenoxy) is 1. The van der Waals surface area contributed by atoms with Crippen LogP contribution in [0.4, 0.5) is 0 Å². The van der Waals surface area contributed by atoms with E-state index in [0.29, 0.717) is 30.9 Å². The minimum absolute atomic E-state index is 0.0130. The first-order valence-corrected chi connectivity index (χ1v) is 11.9. The van der Waals surface area contributed by atoms with Crippen LogP contribution in [0.2, 0.25) is 0 Å². The zero-order chi connectivity index (χ0) is 22.8. The Morgan fingerprint density at radius 3 is 2.42 bits per heavy atom. The number of nitrogens with zero attached hydrogens (tertiary/aromatic N) is 1. The minimum atomic E-state index is -0.691. The number of morpholine rings is 1. The molecule has 2 aromatic carbocycles. The zero-order valence-corrected chi connectivity index (χ0v) is 18.7. The van der Waals surface area contributed by atoms with Crippen LogP contribution in [-0.2, 0) is 17.7 Å². The predicted molar refractivity (Wildman–Crippen MR) is 124 cm³/mol. The predicted octanol–water partition coefficient (Wildman–Crippen LogP) is 1.89. The molecular formula is C26H31N3O4. The molecule has 2 amide bonds. The lowest BCUT2D eigenvalue weighted by molar-refractivity contribution is -0.0565. The molecule has 4 atom stereocenters. The number of amides is 2. The molecule has 0 saturated carbocycles. The molecule has 2 bridgehead atoms. The Hall–Kier alpha value is -2.74. The fourth-order valence-corrected chi connectivity index (χ4v) is 5.27. The highest BCUT2D eigenvalue weighted by Crippen LogP contribution is 2.29. The molecule has 0 aromatic heterocycles. The number of aliphatic hydroxyl groups excluding tert-OH is 1. The average Bonchev–Trinajstić information content (AvgIpc) is 2.86. The number of piperidine rings is 1. The van der Waals surface area contributed by atoms with Gasteiger partial charge in [-0.1, -0.05) is 24.3 Å². The van der Waals surface area contributed by atoms with Crippen molar-refractivity contribution in [1.82, 2.24) is 15.5 Å². The van der Waals surface area contributed by atoms with Crippen molar-refractivity contribution in [3.05, 3.63) is 70.8 Å². The number of fused-ring (bicyclic) bond motifs is 3. The summed E-state index contributed by atoms with van der Waals surface area (Å²) in [5, 5.41) is 16.8. The first kappa shape index (κ1) is 22.1. The summed E-state index contributed by atoms with van der Waals surface area (Å²) in [7, 11) is 0. The second-order valence-corrected chi connectivity index (χ2v) is 9.30. The van der Waals surface area contributed by atoms with E-state index in [9.17, 15) is 14.7 Å². The maximum Gasteiger partial charge on any atom is 0.254 e. The van der Waals surface area contributed by atoms with E-state index in [4.69, 9.17) is 4.74 Å². The molecule has 5 rings (SSSR count). The van der Waals surface area contributed by atoms with Crippen LogP contribution in [-0.4, -0.2) is 65.8 Å². The third kappa shape index (κ3) is 4.67. The van der Waals surface area contributed by atoms with Crippen LogP contribution in [0, 0.1) is 0 Å². The summed E-state index contributed by atoms with van der Waals surface area (Å²) in [6.45, 7) is 2.08. The Kier molecular flexibility index (Phi) is 6.44. The van der Waals surface area contributed by atoms with Crippen LogP contribution in [0.3, 0.4) is 0 Å². The number of hydrogen-bond donors (Lipinski definition) is 3. The van der Waals surface area contributed by atoms with Gasteiger partial charge in [-0.3, -0.25) is 9.59 Å². The van der Waals surface area contributed by atoms with E-state index < -0.39 is 6.10 Å². The summed E-state index contributed by atoms with van der Waals surface area (Å²) in [5.74, 6) is -0.244. The largest absolute Gasteiger partial charge is 0.390 e. The SMILES string of the molecule is O=C(NC[C@@H](O)[C@@H]1Cc2ccccc2CN1)c1ccc(C(=O)N2C3CCCC2COC3)cc1. The van der Waals surface area contributed by atoms with Gasteiger partial charge in [0.25, 0.3) is 11.8 Å². The second kappa shape index (κ2) is 9.63.